The van der Waals surface area contributed by atoms with E-state index in [0.29, 0.717) is 26.1 Å². The summed E-state index contributed by atoms with van der Waals surface area (Å²) in [4.78, 5) is 0. The maximum absolute atomic E-state index is 9.89. The Labute approximate surface area is 186 Å². The maximum Gasteiger partial charge on any atom is 0.186 e. The number of aliphatic hydroxyl groups is 8. The molecule has 10 atom stereocenters. The Balaban J connectivity index is 1.50. The van der Waals surface area contributed by atoms with Crippen LogP contribution in [0.15, 0.2) is 0 Å². The first-order valence-corrected chi connectivity index (χ1v) is 11.2. The van der Waals surface area contributed by atoms with Crippen molar-refractivity contribution in [1.82, 2.24) is 0 Å². The molecule has 0 aromatic heterocycles. The van der Waals surface area contributed by atoms with Crippen LogP contribution in [0.4, 0.5) is 0 Å². The Morgan fingerprint density at radius 3 is 1.16 bits per heavy atom. The largest absolute Gasteiger partial charge is 0.394 e. The molecule has 0 amide bonds. The molecule has 190 valence electrons. The molecule has 0 saturated carbocycles. The predicted molar refractivity (Wildman–Crippen MR) is 107 cm³/mol. The van der Waals surface area contributed by atoms with Crippen molar-refractivity contribution in [3.8, 4) is 0 Å². The molecule has 2 aliphatic rings. The van der Waals surface area contributed by atoms with Gasteiger partial charge in [-0.15, -0.1) is 0 Å². The normalized spacial score (nSPS) is 40.5. The summed E-state index contributed by atoms with van der Waals surface area (Å²) >= 11 is 0. The smallest absolute Gasteiger partial charge is 0.186 e. The van der Waals surface area contributed by atoms with Crippen LogP contribution in [0.5, 0.6) is 0 Å². The molecule has 0 bridgehead atoms. The zero-order valence-electron chi connectivity index (χ0n) is 18.1. The molecule has 32 heavy (non-hydrogen) atoms. The highest BCUT2D eigenvalue weighted by atomic mass is 16.7. The highest BCUT2D eigenvalue weighted by Gasteiger charge is 2.44. The second kappa shape index (κ2) is 14.0. The third-order valence-corrected chi connectivity index (χ3v) is 5.80. The van der Waals surface area contributed by atoms with E-state index < -0.39 is 74.6 Å². The van der Waals surface area contributed by atoms with Gasteiger partial charge in [0.25, 0.3) is 0 Å². The van der Waals surface area contributed by atoms with Crippen LogP contribution in [0.3, 0.4) is 0 Å². The van der Waals surface area contributed by atoms with Crippen molar-refractivity contribution in [2.75, 3.05) is 26.4 Å². The minimum Gasteiger partial charge on any atom is -0.394 e. The van der Waals surface area contributed by atoms with Gasteiger partial charge >= 0.3 is 0 Å². The molecular formula is C20H38O12. The minimum absolute atomic E-state index is 0.295. The van der Waals surface area contributed by atoms with Crippen LogP contribution in [0.25, 0.3) is 0 Å². The topological polar surface area (TPSA) is 199 Å². The average molecular weight is 471 g/mol. The third-order valence-electron chi connectivity index (χ3n) is 5.80. The van der Waals surface area contributed by atoms with E-state index in [-0.39, 0.29) is 0 Å². The van der Waals surface area contributed by atoms with Gasteiger partial charge in [0.15, 0.2) is 12.6 Å². The summed E-state index contributed by atoms with van der Waals surface area (Å²) in [6, 6.07) is 0. The maximum atomic E-state index is 9.89. The van der Waals surface area contributed by atoms with E-state index in [1.54, 1.807) is 0 Å². The summed E-state index contributed by atoms with van der Waals surface area (Å²) < 4.78 is 21.4. The Kier molecular flexibility index (Phi) is 12.2. The number of rotatable bonds is 13. The van der Waals surface area contributed by atoms with Crippen LogP contribution in [0.1, 0.15) is 38.5 Å². The zero-order chi connectivity index (χ0) is 23.7. The average Bonchev–Trinajstić information content (AvgIpc) is 2.79. The fourth-order valence-corrected chi connectivity index (χ4v) is 3.72. The van der Waals surface area contributed by atoms with Crippen molar-refractivity contribution >= 4 is 0 Å². The van der Waals surface area contributed by atoms with Gasteiger partial charge in [0.05, 0.1) is 13.2 Å². The lowest BCUT2D eigenvalue weighted by Crippen LogP contribution is -2.59. The summed E-state index contributed by atoms with van der Waals surface area (Å²) in [6.07, 6.45) is -7.67. The molecule has 2 rings (SSSR count). The second-order valence-corrected chi connectivity index (χ2v) is 8.26. The molecule has 8 N–H and O–H groups in total. The molecule has 2 saturated heterocycles. The zero-order valence-corrected chi connectivity index (χ0v) is 18.1. The van der Waals surface area contributed by atoms with Crippen LogP contribution >= 0.6 is 0 Å². The van der Waals surface area contributed by atoms with Crippen molar-refractivity contribution in [3.05, 3.63) is 0 Å². The summed E-state index contributed by atoms with van der Waals surface area (Å²) in [5, 5.41) is 77.0. The standard InChI is InChI=1S/C20H38O12/c21-9-11-13(23)15(25)17(27)19(31-11)29-7-5-3-1-2-4-6-8-30-20-18(28)16(26)14(24)12(10-22)32-20/h11-28H,1-10H2/t11?,12?,13-,14+,15+,16?,17?,18?,19+,20-/m1/s1. The number of unbranched alkanes of at least 4 members (excludes halogenated alkanes) is 5. The Bertz CT molecular complexity index is 463. The van der Waals surface area contributed by atoms with Gasteiger partial charge in [-0.3, -0.25) is 0 Å². The van der Waals surface area contributed by atoms with Gasteiger partial charge < -0.3 is 59.8 Å². The summed E-state index contributed by atoms with van der Waals surface area (Å²) in [6.45, 7) is -0.401. The molecule has 0 radical (unpaired) electrons. The SMILES string of the molecule is OCC1O[C@@H](OCCCCCCCCO[C@H]2OC(CO)[C@@H](O)[C@H](O)C2O)C(O)C(O)[C@H]1O. The van der Waals surface area contributed by atoms with E-state index >= 15 is 0 Å². The lowest BCUT2D eigenvalue weighted by Gasteiger charge is -2.39. The first-order chi connectivity index (χ1) is 15.3. The minimum atomic E-state index is -1.45. The van der Waals surface area contributed by atoms with Crippen LogP contribution in [0.2, 0.25) is 0 Å². The van der Waals surface area contributed by atoms with Gasteiger partial charge in [-0.25, -0.2) is 0 Å². The first kappa shape index (κ1) is 27.8. The van der Waals surface area contributed by atoms with E-state index in [1.807, 2.05) is 0 Å². The van der Waals surface area contributed by atoms with E-state index in [0.717, 1.165) is 25.7 Å². The molecule has 2 heterocycles. The Hall–Kier alpha value is -0.480. The predicted octanol–water partition coefficient (Wildman–Crippen LogP) is -3.04. The number of hydrogen-bond donors (Lipinski definition) is 8. The fourth-order valence-electron chi connectivity index (χ4n) is 3.72. The summed E-state index contributed by atoms with van der Waals surface area (Å²) in [5.74, 6) is 0. The van der Waals surface area contributed by atoms with E-state index in [9.17, 15) is 30.6 Å². The lowest BCUT2D eigenvalue weighted by atomic mass is 9.99. The number of hydrogen-bond acceptors (Lipinski definition) is 12. The molecule has 0 aromatic rings. The molecule has 2 aliphatic heterocycles. The van der Waals surface area contributed by atoms with Crippen molar-refractivity contribution < 1.29 is 59.8 Å². The third kappa shape index (κ3) is 7.52. The molecule has 12 heteroatoms. The van der Waals surface area contributed by atoms with Gasteiger partial charge in [-0.05, 0) is 12.8 Å². The molecule has 0 aliphatic carbocycles. The second-order valence-electron chi connectivity index (χ2n) is 8.26. The van der Waals surface area contributed by atoms with Crippen LogP contribution in [0, 0.1) is 0 Å². The molecule has 2 fully saturated rings. The van der Waals surface area contributed by atoms with Gasteiger partial charge in [0.1, 0.15) is 48.8 Å². The van der Waals surface area contributed by atoms with E-state index in [4.69, 9.17) is 29.2 Å². The molecule has 0 spiro atoms. The van der Waals surface area contributed by atoms with Crippen molar-refractivity contribution in [1.29, 1.82) is 0 Å². The Morgan fingerprint density at radius 2 is 0.812 bits per heavy atom. The van der Waals surface area contributed by atoms with Crippen molar-refractivity contribution in [2.24, 2.45) is 0 Å². The molecule has 0 aromatic carbocycles. The van der Waals surface area contributed by atoms with E-state index in [2.05, 4.69) is 0 Å². The van der Waals surface area contributed by atoms with Crippen LogP contribution < -0.4 is 0 Å². The van der Waals surface area contributed by atoms with Crippen molar-refractivity contribution in [3.63, 3.8) is 0 Å². The van der Waals surface area contributed by atoms with Crippen molar-refractivity contribution in [2.45, 2.75) is 99.9 Å². The van der Waals surface area contributed by atoms with Gasteiger partial charge in [-0.1, -0.05) is 25.7 Å². The quantitative estimate of drug-likeness (QED) is 0.127. The van der Waals surface area contributed by atoms with E-state index in [1.165, 1.54) is 0 Å². The van der Waals surface area contributed by atoms with Crippen LogP contribution in [-0.4, -0.2) is 129 Å². The lowest BCUT2D eigenvalue weighted by molar-refractivity contribution is -0.301. The number of aliphatic hydroxyl groups excluding tert-OH is 8. The molecule has 12 nitrogen and oxygen atoms in total. The van der Waals surface area contributed by atoms with Gasteiger partial charge in [-0.2, -0.15) is 0 Å². The van der Waals surface area contributed by atoms with Gasteiger partial charge in [0.2, 0.25) is 0 Å². The summed E-state index contributed by atoms with van der Waals surface area (Å²) in [5.41, 5.74) is 0. The molecule has 5 unspecified atom stereocenters. The summed E-state index contributed by atoms with van der Waals surface area (Å²) in [7, 11) is 0. The fraction of sp³-hybridized carbons (Fsp3) is 1.00. The molecular weight excluding hydrogens is 432 g/mol. The van der Waals surface area contributed by atoms with Gasteiger partial charge in [0, 0.05) is 13.2 Å². The van der Waals surface area contributed by atoms with Crippen LogP contribution in [-0.2, 0) is 18.9 Å². The monoisotopic (exact) mass is 470 g/mol. The Morgan fingerprint density at radius 1 is 0.469 bits per heavy atom. The highest BCUT2D eigenvalue weighted by molar-refractivity contribution is 4.89. The highest BCUT2D eigenvalue weighted by Crippen LogP contribution is 2.23. The number of ether oxygens (including phenoxy) is 4. The first-order valence-electron chi connectivity index (χ1n) is 11.2.